The van der Waals surface area contributed by atoms with Gasteiger partial charge in [0.15, 0.2) is 0 Å². The lowest BCUT2D eigenvalue weighted by Gasteiger charge is -2.11. The van der Waals surface area contributed by atoms with E-state index in [-0.39, 0.29) is 13.2 Å². The van der Waals surface area contributed by atoms with Gasteiger partial charge < -0.3 is 14.2 Å². The molecule has 0 bridgehead atoms. The fourth-order valence-electron chi connectivity index (χ4n) is 2.44. The van der Waals surface area contributed by atoms with E-state index in [1.54, 1.807) is 6.92 Å². The highest BCUT2D eigenvalue weighted by Crippen LogP contribution is 2.31. The third-order valence-electron chi connectivity index (χ3n) is 3.72. The maximum atomic E-state index is 11.3. The molecule has 26 heavy (non-hydrogen) atoms. The molecule has 0 atom stereocenters. The predicted octanol–water partition coefficient (Wildman–Crippen LogP) is 5.13. The Kier molecular flexibility index (Phi) is 5.54. The summed E-state index contributed by atoms with van der Waals surface area (Å²) in [6.07, 6.45) is 0. The van der Waals surface area contributed by atoms with Crippen LogP contribution in [0.15, 0.2) is 78.9 Å². The summed E-state index contributed by atoms with van der Waals surface area (Å²) in [5.74, 6) is 1.88. The average Bonchev–Trinajstić information content (AvgIpc) is 2.66. The minimum Gasteiger partial charge on any atom is -0.490 e. The van der Waals surface area contributed by atoms with Gasteiger partial charge in [-0.05, 0) is 48.7 Å². The molecule has 4 nitrogen and oxygen atoms in total. The minimum absolute atomic E-state index is 0.181. The third kappa shape index (κ3) is 4.42. The van der Waals surface area contributed by atoms with Crippen LogP contribution in [0.4, 0.5) is 0 Å². The molecule has 0 amide bonds. The number of ether oxygens (including phenoxy) is 3. The molecule has 0 spiro atoms. The average molecular weight is 348 g/mol. The number of carbonyl (C=O) groups is 1. The lowest BCUT2D eigenvalue weighted by Crippen LogP contribution is -2.12. The summed E-state index contributed by atoms with van der Waals surface area (Å²) in [5, 5.41) is 2.01. The van der Waals surface area contributed by atoms with Crippen molar-refractivity contribution in [2.45, 2.75) is 6.92 Å². The largest absolute Gasteiger partial charge is 0.490 e. The molecule has 3 aromatic rings. The maximum Gasteiger partial charge on any atom is 0.333 e. The molecule has 4 heteroatoms. The second-order valence-corrected chi connectivity index (χ2v) is 5.82. The van der Waals surface area contributed by atoms with E-state index in [0.29, 0.717) is 11.3 Å². The highest BCUT2D eigenvalue weighted by Gasteiger charge is 2.06. The van der Waals surface area contributed by atoms with Crippen LogP contribution >= 0.6 is 0 Å². The smallest absolute Gasteiger partial charge is 0.333 e. The highest BCUT2D eigenvalue weighted by atomic mass is 16.6. The molecule has 0 aliphatic carbocycles. The van der Waals surface area contributed by atoms with Crippen molar-refractivity contribution in [3.05, 3.63) is 78.9 Å². The molecule has 0 fully saturated rings. The van der Waals surface area contributed by atoms with Gasteiger partial charge in [-0.15, -0.1) is 0 Å². The van der Waals surface area contributed by atoms with E-state index >= 15 is 0 Å². The Balaban J connectivity index is 1.67. The second kappa shape index (κ2) is 8.21. The van der Waals surface area contributed by atoms with Crippen molar-refractivity contribution in [1.82, 2.24) is 0 Å². The summed E-state index contributed by atoms with van der Waals surface area (Å²) in [7, 11) is 0. The standard InChI is InChI=1S/C22H20O4/c1-16(2)22(23)25-14-13-24-19-11-12-20-17(15-19)7-6-10-21(20)26-18-8-4-3-5-9-18/h3-12,15H,1,13-14H2,2H3. The van der Waals surface area contributed by atoms with Gasteiger partial charge in [-0.1, -0.05) is 36.9 Å². The van der Waals surface area contributed by atoms with Gasteiger partial charge in [0.05, 0.1) is 0 Å². The van der Waals surface area contributed by atoms with Crippen molar-refractivity contribution in [3.8, 4) is 17.2 Å². The fourth-order valence-corrected chi connectivity index (χ4v) is 2.44. The van der Waals surface area contributed by atoms with E-state index in [0.717, 1.165) is 22.3 Å². The minimum atomic E-state index is -0.408. The molecule has 132 valence electrons. The molecule has 0 aliphatic rings. The highest BCUT2D eigenvalue weighted by molar-refractivity contribution is 5.89. The SMILES string of the molecule is C=C(C)C(=O)OCCOc1ccc2c(Oc3ccccc3)cccc2c1. The van der Waals surface area contributed by atoms with Crippen LogP contribution in [0.2, 0.25) is 0 Å². The molecular formula is C22H20O4. The summed E-state index contributed by atoms with van der Waals surface area (Å²) in [5.41, 5.74) is 0.377. The van der Waals surface area contributed by atoms with Gasteiger partial charge in [0.25, 0.3) is 0 Å². The molecule has 0 saturated heterocycles. The van der Waals surface area contributed by atoms with E-state index in [9.17, 15) is 4.79 Å². The predicted molar refractivity (Wildman–Crippen MR) is 102 cm³/mol. The maximum absolute atomic E-state index is 11.3. The first-order chi connectivity index (χ1) is 12.6. The van der Waals surface area contributed by atoms with Crippen LogP contribution in [-0.4, -0.2) is 19.2 Å². The summed E-state index contributed by atoms with van der Waals surface area (Å²) in [6.45, 7) is 5.61. The number of esters is 1. The number of benzene rings is 3. The van der Waals surface area contributed by atoms with Gasteiger partial charge >= 0.3 is 5.97 Å². The summed E-state index contributed by atoms with van der Waals surface area (Å²) >= 11 is 0. The molecule has 3 aromatic carbocycles. The number of carbonyl (C=O) groups excluding carboxylic acids is 1. The molecule has 3 rings (SSSR count). The Hall–Kier alpha value is -3.27. The normalized spacial score (nSPS) is 10.3. The fraction of sp³-hybridized carbons (Fsp3) is 0.136. The van der Waals surface area contributed by atoms with Gasteiger partial charge in [-0.2, -0.15) is 0 Å². The molecule has 0 radical (unpaired) electrons. The van der Waals surface area contributed by atoms with Crippen molar-refractivity contribution in [2.24, 2.45) is 0 Å². The Morgan fingerprint density at radius 2 is 1.73 bits per heavy atom. The Bertz CT molecular complexity index is 916. The zero-order valence-electron chi connectivity index (χ0n) is 14.6. The lowest BCUT2D eigenvalue weighted by atomic mass is 10.1. The van der Waals surface area contributed by atoms with Gasteiger partial charge in [0, 0.05) is 11.0 Å². The summed E-state index contributed by atoms with van der Waals surface area (Å²) in [4.78, 5) is 11.3. The van der Waals surface area contributed by atoms with Crippen LogP contribution in [0.1, 0.15) is 6.92 Å². The van der Waals surface area contributed by atoms with Crippen LogP contribution in [0, 0.1) is 0 Å². The Labute approximate surface area is 152 Å². The van der Waals surface area contributed by atoms with E-state index in [1.807, 2.05) is 66.7 Å². The Morgan fingerprint density at radius 1 is 0.923 bits per heavy atom. The quantitative estimate of drug-likeness (QED) is 0.337. The molecule has 0 N–H and O–H groups in total. The van der Waals surface area contributed by atoms with Crippen molar-refractivity contribution < 1.29 is 19.0 Å². The van der Waals surface area contributed by atoms with Crippen LogP contribution < -0.4 is 9.47 Å². The van der Waals surface area contributed by atoms with Crippen molar-refractivity contribution in [1.29, 1.82) is 0 Å². The number of hydrogen-bond acceptors (Lipinski definition) is 4. The first-order valence-corrected chi connectivity index (χ1v) is 8.34. The summed E-state index contributed by atoms with van der Waals surface area (Å²) < 4.78 is 16.6. The topological polar surface area (TPSA) is 44.8 Å². The van der Waals surface area contributed by atoms with Crippen LogP contribution in [0.5, 0.6) is 17.2 Å². The first kappa shape index (κ1) is 17.5. The van der Waals surface area contributed by atoms with Crippen molar-refractivity contribution >= 4 is 16.7 Å². The molecule has 0 heterocycles. The van der Waals surface area contributed by atoms with E-state index < -0.39 is 5.97 Å². The van der Waals surface area contributed by atoms with Gasteiger partial charge in [-0.25, -0.2) is 4.79 Å². The van der Waals surface area contributed by atoms with Crippen molar-refractivity contribution in [2.75, 3.05) is 13.2 Å². The molecule has 0 unspecified atom stereocenters. The lowest BCUT2D eigenvalue weighted by molar-refractivity contribution is -0.139. The molecule has 0 aliphatic heterocycles. The number of hydrogen-bond donors (Lipinski definition) is 0. The van der Waals surface area contributed by atoms with Crippen LogP contribution in [0.3, 0.4) is 0 Å². The van der Waals surface area contributed by atoms with Crippen LogP contribution in [0.25, 0.3) is 10.8 Å². The molecule has 0 aromatic heterocycles. The number of para-hydroxylation sites is 1. The van der Waals surface area contributed by atoms with E-state index in [4.69, 9.17) is 14.2 Å². The van der Waals surface area contributed by atoms with E-state index in [2.05, 4.69) is 6.58 Å². The van der Waals surface area contributed by atoms with Crippen LogP contribution in [-0.2, 0) is 9.53 Å². The number of fused-ring (bicyclic) bond motifs is 1. The first-order valence-electron chi connectivity index (χ1n) is 8.34. The van der Waals surface area contributed by atoms with Gasteiger partial charge in [0.1, 0.15) is 30.5 Å². The van der Waals surface area contributed by atoms with Gasteiger partial charge in [0.2, 0.25) is 0 Å². The van der Waals surface area contributed by atoms with Gasteiger partial charge in [-0.3, -0.25) is 0 Å². The van der Waals surface area contributed by atoms with E-state index in [1.165, 1.54) is 0 Å². The molecule has 0 saturated carbocycles. The zero-order chi connectivity index (χ0) is 18.4. The molecular weight excluding hydrogens is 328 g/mol. The monoisotopic (exact) mass is 348 g/mol. The van der Waals surface area contributed by atoms with Crippen molar-refractivity contribution in [3.63, 3.8) is 0 Å². The number of rotatable bonds is 7. The zero-order valence-corrected chi connectivity index (χ0v) is 14.6. The summed E-state index contributed by atoms with van der Waals surface area (Å²) in [6, 6.07) is 21.3. The third-order valence-corrected chi connectivity index (χ3v) is 3.72. The second-order valence-electron chi connectivity index (χ2n) is 5.82. The Morgan fingerprint density at radius 3 is 2.50 bits per heavy atom.